The fraction of sp³-hybridized carbons (Fsp3) is 0.588. The summed E-state index contributed by atoms with van der Waals surface area (Å²) in [7, 11) is 0. The van der Waals surface area contributed by atoms with E-state index < -0.39 is 0 Å². The Balaban J connectivity index is 1.71. The molecule has 0 bridgehead atoms. The van der Waals surface area contributed by atoms with Crippen LogP contribution in [0.3, 0.4) is 0 Å². The zero-order valence-corrected chi connectivity index (χ0v) is 15.7. The average molecular weight is 385 g/mol. The van der Waals surface area contributed by atoms with E-state index in [0.29, 0.717) is 18.9 Å². The molecule has 0 saturated carbocycles. The van der Waals surface area contributed by atoms with E-state index in [0.717, 1.165) is 24.0 Å². The molecule has 5 heteroatoms. The lowest BCUT2D eigenvalue weighted by molar-refractivity contribution is -0.121. The van der Waals surface area contributed by atoms with Gasteiger partial charge in [0, 0.05) is 27.1 Å². The molecule has 1 aliphatic heterocycles. The summed E-state index contributed by atoms with van der Waals surface area (Å²) in [6.45, 7) is 7.19. The molecule has 22 heavy (non-hydrogen) atoms. The molecule has 122 valence electrons. The third kappa shape index (κ3) is 6.31. The first-order chi connectivity index (χ1) is 10.4. The summed E-state index contributed by atoms with van der Waals surface area (Å²) in [6.07, 6.45) is 2.85. The van der Waals surface area contributed by atoms with Crippen molar-refractivity contribution in [3.63, 3.8) is 0 Å². The number of benzene rings is 1. The summed E-state index contributed by atoms with van der Waals surface area (Å²) in [5.74, 6) is 0.854. The predicted octanol–water partition coefficient (Wildman–Crippen LogP) is 3.83. The van der Waals surface area contributed by atoms with E-state index in [1.165, 1.54) is 11.3 Å². The summed E-state index contributed by atoms with van der Waals surface area (Å²) in [6, 6.07) is 8.30. The Kier molecular flexibility index (Phi) is 6.78. The van der Waals surface area contributed by atoms with Gasteiger partial charge in [0.25, 0.3) is 0 Å². The van der Waals surface area contributed by atoms with Gasteiger partial charge >= 0.3 is 0 Å². The Morgan fingerprint density at radius 2 is 2.14 bits per heavy atom. The van der Waals surface area contributed by atoms with Crippen molar-refractivity contribution < 1.29 is 4.79 Å². The summed E-state index contributed by atoms with van der Waals surface area (Å²) in [4.78, 5) is 13.2. The first-order valence-corrected chi connectivity index (χ1v) is 9.47. The maximum atomic E-state index is 12.0. The normalized spacial score (nSPS) is 18.4. The molecule has 0 aromatic heterocycles. The fourth-order valence-electron chi connectivity index (χ4n) is 2.55. The predicted molar refractivity (Wildman–Crippen MR) is 97.3 cm³/mol. The molecule has 0 radical (unpaired) electrons. The van der Waals surface area contributed by atoms with Crippen molar-refractivity contribution in [3.05, 3.63) is 28.7 Å². The van der Waals surface area contributed by atoms with Crippen molar-refractivity contribution in [2.75, 3.05) is 19.6 Å². The van der Waals surface area contributed by atoms with Crippen molar-refractivity contribution in [2.24, 2.45) is 5.92 Å². The zero-order chi connectivity index (χ0) is 16.0. The second-order valence-electron chi connectivity index (χ2n) is 6.49. The summed E-state index contributed by atoms with van der Waals surface area (Å²) < 4.78 is 1.07. The molecule has 1 saturated heterocycles. The van der Waals surface area contributed by atoms with Gasteiger partial charge in [0.15, 0.2) is 0 Å². The van der Waals surface area contributed by atoms with Gasteiger partial charge in [0.05, 0.1) is 0 Å². The second kappa shape index (κ2) is 8.37. The van der Waals surface area contributed by atoms with Gasteiger partial charge in [-0.3, -0.25) is 4.79 Å². The van der Waals surface area contributed by atoms with Crippen molar-refractivity contribution in [3.8, 4) is 0 Å². The number of amides is 1. The van der Waals surface area contributed by atoms with Crippen molar-refractivity contribution in [2.45, 2.75) is 42.8 Å². The van der Waals surface area contributed by atoms with Gasteiger partial charge < -0.3 is 10.6 Å². The highest BCUT2D eigenvalue weighted by molar-refractivity contribution is 9.10. The number of thioether (sulfide) groups is 1. The van der Waals surface area contributed by atoms with Gasteiger partial charge in [-0.1, -0.05) is 15.9 Å². The first kappa shape index (κ1) is 17.8. The van der Waals surface area contributed by atoms with Crippen LogP contribution in [0.15, 0.2) is 33.6 Å². The second-order valence-corrected chi connectivity index (χ2v) is 9.19. The maximum absolute atomic E-state index is 12.0. The summed E-state index contributed by atoms with van der Waals surface area (Å²) in [5, 5.41) is 6.43. The molecule has 1 unspecified atom stereocenters. The lowest BCUT2D eigenvalue weighted by Crippen LogP contribution is -2.36. The third-order valence-corrected chi connectivity index (χ3v) is 5.59. The van der Waals surface area contributed by atoms with E-state index in [-0.39, 0.29) is 10.7 Å². The molecule has 1 amide bonds. The minimum Gasteiger partial charge on any atom is -0.355 e. The van der Waals surface area contributed by atoms with E-state index in [2.05, 4.69) is 52.5 Å². The van der Waals surface area contributed by atoms with Crippen LogP contribution in [-0.2, 0) is 4.79 Å². The minimum absolute atomic E-state index is 0.0155. The van der Waals surface area contributed by atoms with Crippen LogP contribution in [0, 0.1) is 5.92 Å². The monoisotopic (exact) mass is 384 g/mol. The smallest absolute Gasteiger partial charge is 0.220 e. The van der Waals surface area contributed by atoms with Crippen LogP contribution < -0.4 is 10.6 Å². The number of carbonyl (C=O) groups is 1. The van der Waals surface area contributed by atoms with Crippen LogP contribution in [0.1, 0.15) is 33.1 Å². The summed E-state index contributed by atoms with van der Waals surface area (Å²) >= 11 is 5.24. The number of carbonyl (C=O) groups excluding carboxylic acids is 1. The van der Waals surface area contributed by atoms with Gasteiger partial charge in [0.2, 0.25) is 5.91 Å². The lowest BCUT2D eigenvalue weighted by atomic mass is 10.0. The zero-order valence-electron chi connectivity index (χ0n) is 13.3. The number of halogens is 1. The van der Waals surface area contributed by atoms with Crippen molar-refractivity contribution >= 4 is 33.6 Å². The van der Waals surface area contributed by atoms with E-state index in [9.17, 15) is 4.79 Å². The van der Waals surface area contributed by atoms with Gasteiger partial charge in [-0.15, -0.1) is 11.8 Å². The number of nitrogens with one attached hydrogen (secondary N) is 2. The Morgan fingerprint density at radius 1 is 1.41 bits per heavy atom. The molecule has 1 atom stereocenters. The molecule has 0 aliphatic carbocycles. The van der Waals surface area contributed by atoms with Crippen LogP contribution >= 0.6 is 27.7 Å². The maximum Gasteiger partial charge on any atom is 0.220 e. The van der Waals surface area contributed by atoms with E-state index in [1.807, 2.05) is 12.1 Å². The molecule has 1 aromatic rings. The molecule has 1 aromatic carbocycles. The number of rotatable bonds is 7. The molecule has 1 aliphatic rings. The molecule has 2 N–H and O–H groups in total. The van der Waals surface area contributed by atoms with Gasteiger partial charge in [-0.25, -0.2) is 0 Å². The van der Waals surface area contributed by atoms with E-state index in [1.54, 1.807) is 11.8 Å². The highest BCUT2D eigenvalue weighted by Crippen LogP contribution is 2.32. The third-order valence-electron chi connectivity index (χ3n) is 3.86. The molecular formula is C17H25BrN2OS. The average Bonchev–Trinajstić information content (AvgIpc) is 2.99. The summed E-state index contributed by atoms with van der Waals surface area (Å²) in [5.41, 5.74) is 0. The van der Waals surface area contributed by atoms with E-state index in [4.69, 9.17) is 0 Å². The van der Waals surface area contributed by atoms with Crippen molar-refractivity contribution in [1.29, 1.82) is 0 Å². The standard InChI is InChI=1S/C17H25BrN2OS/c1-17(2,22-15-6-4-14(18)5-7-15)12-20-16(21)8-3-13-9-10-19-11-13/h4-7,13,19H,3,8-12H2,1-2H3,(H,20,21). The Morgan fingerprint density at radius 3 is 2.77 bits per heavy atom. The van der Waals surface area contributed by atoms with Crippen LogP contribution in [-0.4, -0.2) is 30.3 Å². The largest absolute Gasteiger partial charge is 0.355 e. The van der Waals surface area contributed by atoms with Gasteiger partial charge in [-0.2, -0.15) is 0 Å². The van der Waals surface area contributed by atoms with Crippen LogP contribution in [0.25, 0.3) is 0 Å². The fourth-order valence-corrected chi connectivity index (χ4v) is 3.87. The first-order valence-electron chi connectivity index (χ1n) is 7.87. The molecule has 1 heterocycles. The Labute approximate surface area is 146 Å². The van der Waals surface area contributed by atoms with Crippen LogP contribution in [0.4, 0.5) is 0 Å². The van der Waals surface area contributed by atoms with Crippen molar-refractivity contribution in [1.82, 2.24) is 10.6 Å². The molecule has 0 spiro atoms. The Hall–Kier alpha value is -0.520. The van der Waals surface area contributed by atoms with Gasteiger partial charge in [-0.05, 0) is 70.0 Å². The molecule has 1 fully saturated rings. The van der Waals surface area contributed by atoms with Crippen LogP contribution in [0.5, 0.6) is 0 Å². The SMILES string of the molecule is CC(C)(CNC(=O)CCC1CCNC1)Sc1ccc(Br)cc1. The molecule has 2 rings (SSSR count). The number of hydrogen-bond donors (Lipinski definition) is 2. The quantitative estimate of drug-likeness (QED) is 0.701. The number of hydrogen-bond acceptors (Lipinski definition) is 3. The topological polar surface area (TPSA) is 41.1 Å². The lowest BCUT2D eigenvalue weighted by Gasteiger charge is -2.24. The van der Waals surface area contributed by atoms with Gasteiger partial charge in [0.1, 0.15) is 0 Å². The highest BCUT2D eigenvalue weighted by atomic mass is 79.9. The van der Waals surface area contributed by atoms with E-state index >= 15 is 0 Å². The highest BCUT2D eigenvalue weighted by Gasteiger charge is 2.21. The Bertz CT molecular complexity index is 484. The molecule has 3 nitrogen and oxygen atoms in total. The minimum atomic E-state index is -0.0155. The van der Waals surface area contributed by atoms with Crippen LogP contribution in [0.2, 0.25) is 0 Å². The molecular weight excluding hydrogens is 360 g/mol.